The monoisotopic (exact) mass is 410 g/mol. The van der Waals surface area contributed by atoms with Crippen LogP contribution in [0.2, 0.25) is 0 Å². The molecule has 27 heavy (non-hydrogen) atoms. The topological polar surface area (TPSA) is 85.2 Å². The zero-order valence-corrected chi connectivity index (χ0v) is 17.2. The van der Waals surface area contributed by atoms with Gasteiger partial charge in [-0.25, -0.2) is 0 Å². The first-order valence-electron chi connectivity index (χ1n) is 9.12. The summed E-state index contributed by atoms with van der Waals surface area (Å²) in [5.74, 6) is 2.27. The summed E-state index contributed by atoms with van der Waals surface area (Å²) in [6.07, 6.45) is 6.01. The number of nitrogens with zero attached hydrogens (tertiary/aromatic N) is 3. The SMILES string of the molecule is CN(C(=O)CSCc1nc(-c2ccc(CN)cc2)no1)C1CCCCC1.Cl. The molecular weight excluding hydrogens is 384 g/mol. The van der Waals surface area contributed by atoms with E-state index >= 15 is 0 Å². The number of nitrogens with two attached hydrogens (primary N) is 1. The van der Waals surface area contributed by atoms with E-state index < -0.39 is 0 Å². The molecule has 1 heterocycles. The zero-order valence-electron chi connectivity index (χ0n) is 15.6. The molecule has 1 fully saturated rings. The van der Waals surface area contributed by atoms with Crippen LogP contribution in [-0.4, -0.2) is 39.8 Å². The van der Waals surface area contributed by atoms with Crippen molar-refractivity contribution in [2.24, 2.45) is 5.73 Å². The molecule has 0 spiro atoms. The highest BCUT2D eigenvalue weighted by Crippen LogP contribution is 2.23. The van der Waals surface area contributed by atoms with Crippen LogP contribution in [0.1, 0.15) is 43.6 Å². The van der Waals surface area contributed by atoms with Gasteiger partial charge in [-0.15, -0.1) is 24.2 Å². The van der Waals surface area contributed by atoms with Crippen LogP contribution >= 0.6 is 24.2 Å². The minimum absolute atomic E-state index is 0. The molecule has 1 aliphatic carbocycles. The average molecular weight is 411 g/mol. The third kappa shape index (κ3) is 5.96. The summed E-state index contributed by atoms with van der Waals surface area (Å²) in [6.45, 7) is 0.512. The molecule has 3 rings (SSSR count). The Morgan fingerprint density at radius 2 is 1.96 bits per heavy atom. The Balaban J connectivity index is 0.00000261. The van der Waals surface area contributed by atoms with Crippen LogP contribution in [0.15, 0.2) is 28.8 Å². The van der Waals surface area contributed by atoms with Gasteiger partial charge in [0.1, 0.15) is 0 Å². The van der Waals surface area contributed by atoms with E-state index in [1.165, 1.54) is 31.0 Å². The molecule has 1 saturated carbocycles. The lowest BCUT2D eigenvalue weighted by molar-refractivity contribution is -0.129. The first kappa shape index (κ1) is 21.7. The Labute approximate surface area is 170 Å². The van der Waals surface area contributed by atoms with Crippen LogP contribution in [-0.2, 0) is 17.1 Å². The number of benzene rings is 1. The third-order valence-corrected chi connectivity index (χ3v) is 5.78. The van der Waals surface area contributed by atoms with Gasteiger partial charge in [-0.1, -0.05) is 48.7 Å². The minimum atomic E-state index is 0. The fourth-order valence-corrected chi connectivity index (χ4v) is 3.99. The van der Waals surface area contributed by atoms with Crippen LogP contribution in [0, 0.1) is 0 Å². The number of rotatable bonds is 7. The van der Waals surface area contributed by atoms with Crippen LogP contribution < -0.4 is 5.73 Å². The minimum Gasteiger partial charge on any atom is -0.342 e. The zero-order chi connectivity index (χ0) is 18.4. The normalized spacial score (nSPS) is 14.6. The van der Waals surface area contributed by atoms with E-state index in [0.29, 0.717) is 35.8 Å². The maximum atomic E-state index is 12.3. The van der Waals surface area contributed by atoms with Crippen molar-refractivity contribution in [1.82, 2.24) is 15.0 Å². The van der Waals surface area contributed by atoms with Crippen LogP contribution in [0.25, 0.3) is 11.4 Å². The summed E-state index contributed by atoms with van der Waals surface area (Å²) in [5, 5.41) is 4.02. The summed E-state index contributed by atoms with van der Waals surface area (Å²) in [5.41, 5.74) is 7.57. The molecule has 6 nitrogen and oxygen atoms in total. The van der Waals surface area contributed by atoms with E-state index in [0.717, 1.165) is 24.0 Å². The molecule has 0 aliphatic heterocycles. The molecule has 8 heteroatoms. The average Bonchev–Trinajstić information content (AvgIpc) is 3.17. The molecule has 2 aromatic rings. The van der Waals surface area contributed by atoms with Crippen molar-refractivity contribution in [3.63, 3.8) is 0 Å². The van der Waals surface area contributed by atoms with E-state index in [9.17, 15) is 4.79 Å². The fourth-order valence-electron chi connectivity index (χ4n) is 3.22. The standard InChI is InChI=1S/C19H26N4O2S.ClH/c1-23(16-5-3-2-4-6-16)18(24)13-26-12-17-21-19(22-25-17)15-9-7-14(11-20)8-10-15;/h7-10,16H,2-6,11-13,20H2,1H3;1H. The van der Waals surface area contributed by atoms with Crippen molar-refractivity contribution in [1.29, 1.82) is 0 Å². The van der Waals surface area contributed by atoms with Crippen molar-refractivity contribution in [3.8, 4) is 11.4 Å². The number of halogens is 1. The van der Waals surface area contributed by atoms with E-state index in [1.54, 1.807) is 0 Å². The second-order valence-electron chi connectivity index (χ2n) is 6.70. The van der Waals surface area contributed by atoms with Gasteiger partial charge in [-0.05, 0) is 18.4 Å². The Morgan fingerprint density at radius 1 is 1.26 bits per heavy atom. The molecular formula is C19H27ClN4O2S. The van der Waals surface area contributed by atoms with Crippen LogP contribution in [0.5, 0.6) is 0 Å². The Hall–Kier alpha value is -1.57. The van der Waals surface area contributed by atoms with Gasteiger partial charge in [-0.3, -0.25) is 4.79 Å². The summed E-state index contributed by atoms with van der Waals surface area (Å²) in [4.78, 5) is 18.7. The molecule has 148 valence electrons. The Kier molecular flexibility index (Phi) is 8.60. The Bertz CT molecular complexity index is 717. The second kappa shape index (κ2) is 10.7. The van der Waals surface area contributed by atoms with E-state index in [2.05, 4.69) is 10.1 Å². The van der Waals surface area contributed by atoms with Crippen molar-refractivity contribution in [3.05, 3.63) is 35.7 Å². The lowest BCUT2D eigenvalue weighted by atomic mass is 9.94. The van der Waals surface area contributed by atoms with Gasteiger partial charge in [-0.2, -0.15) is 4.98 Å². The molecule has 2 N–H and O–H groups in total. The molecule has 0 unspecified atom stereocenters. The lowest BCUT2D eigenvalue weighted by Gasteiger charge is -2.31. The van der Waals surface area contributed by atoms with E-state index in [1.807, 2.05) is 36.2 Å². The lowest BCUT2D eigenvalue weighted by Crippen LogP contribution is -2.39. The van der Waals surface area contributed by atoms with Crippen LogP contribution in [0.3, 0.4) is 0 Å². The van der Waals surface area contributed by atoms with Gasteiger partial charge in [0.25, 0.3) is 0 Å². The Morgan fingerprint density at radius 3 is 2.63 bits per heavy atom. The number of aromatic nitrogens is 2. The quantitative estimate of drug-likeness (QED) is 0.749. The first-order valence-corrected chi connectivity index (χ1v) is 10.3. The van der Waals surface area contributed by atoms with Gasteiger partial charge in [0.05, 0.1) is 11.5 Å². The molecule has 1 aromatic heterocycles. The summed E-state index contributed by atoms with van der Waals surface area (Å²) < 4.78 is 5.30. The van der Waals surface area contributed by atoms with E-state index in [4.69, 9.17) is 10.3 Å². The highest BCUT2D eigenvalue weighted by atomic mass is 35.5. The first-order chi connectivity index (χ1) is 12.7. The number of thioether (sulfide) groups is 1. The van der Waals surface area contributed by atoms with Gasteiger partial charge in [0, 0.05) is 25.2 Å². The van der Waals surface area contributed by atoms with Crippen molar-refractivity contribution in [2.45, 2.75) is 50.4 Å². The molecule has 1 aliphatic rings. The number of hydrogen-bond donors (Lipinski definition) is 1. The van der Waals surface area contributed by atoms with Gasteiger partial charge in [0.15, 0.2) is 0 Å². The molecule has 0 radical (unpaired) electrons. The van der Waals surface area contributed by atoms with Crippen molar-refractivity contribution < 1.29 is 9.32 Å². The number of amides is 1. The van der Waals surface area contributed by atoms with Crippen LogP contribution in [0.4, 0.5) is 0 Å². The molecule has 0 saturated heterocycles. The summed E-state index contributed by atoms with van der Waals surface area (Å²) in [7, 11) is 1.93. The van der Waals surface area contributed by atoms with Gasteiger partial charge >= 0.3 is 0 Å². The highest BCUT2D eigenvalue weighted by molar-refractivity contribution is 7.99. The smallest absolute Gasteiger partial charge is 0.236 e. The van der Waals surface area contributed by atoms with Crippen molar-refractivity contribution in [2.75, 3.05) is 12.8 Å². The van der Waals surface area contributed by atoms with Gasteiger partial charge in [0.2, 0.25) is 17.6 Å². The summed E-state index contributed by atoms with van der Waals surface area (Å²) >= 11 is 1.52. The van der Waals surface area contributed by atoms with E-state index in [-0.39, 0.29) is 18.3 Å². The molecule has 0 bridgehead atoms. The number of carbonyl (C=O) groups is 1. The largest absolute Gasteiger partial charge is 0.342 e. The maximum Gasteiger partial charge on any atom is 0.236 e. The summed E-state index contributed by atoms with van der Waals surface area (Å²) in [6, 6.07) is 8.20. The molecule has 0 atom stereocenters. The predicted octanol–water partition coefficient (Wildman–Crippen LogP) is 3.64. The van der Waals surface area contributed by atoms with Crippen molar-refractivity contribution >= 4 is 30.1 Å². The number of hydrogen-bond acceptors (Lipinski definition) is 6. The second-order valence-corrected chi connectivity index (χ2v) is 7.69. The molecule has 1 amide bonds. The predicted molar refractivity (Wildman–Crippen MR) is 111 cm³/mol. The highest BCUT2D eigenvalue weighted by Gasteiger charge is 2.22. The maximum absolute atomic E-state index is 12.3. The third-order valence-electron chi connectivity index (χ3n) is 4.88. The fraction of sp³-hybridized carbons (Fsp3) is 0.526. The van der Waals surface area contributed by atoms with Gasteiger partial charge < -0.3 is 15.2 Å². The number of carbonyl (C=O) groups excluding carboxylic acids is 1. The molecule has 1 aromatic carbocycles.